The Balaban J connectivity index is 0.00000162. The van der Waals surface area contributed by atoms with Crippen LogP contribution in [0.4, 0.5) is 0 Å². The number of halogens is 1. The molecule has 1 aromatic rings. The van der Waals surface area contributed by atoms with Gasteiger partial charge in [0.1, 0.15) is 5.75 Å². The fraction of sp³-hybridized carbons (Fsp3) is 0.571. The van der Waals surface area contributed by atoms with Crippen molar-refractivity contribution in [3.8, 4) is 5.75 Å². The lowest BCUT2D eigenvalue weighted by molar-refractivity contribution is 0.0583. The highest BCUT2D eigenvalue weighted by Crippen LogP contribution is 2.32. The molecule has 0 amide bonds. The van der Waals surface area contributed by atoms with Crippen LogP contribution in [0, 0.1) is 19.8 Å². The van der Waals surface area contributed by atoms with E-state index in [0.717, 1.165) is 42.7 Å². The summed E-state index contributed by atoms with van der Waals surface area (Å²) in [6.07, 6.45) is 2.06. The van der Waals surface area contributed by atoms with E-state index in [4.69, 9.17) is 10.5 Å². The Morgan fingerprint density at radius 1 is 1.22 bits per heavy atom. The molecule has 1 aromatic carbocycles. The minimum Gasteiger partial charge on any atom is -0.507 e. The standard InChI is InChI=1S/C14H21NO2.ClH/c1-9-7-12(8-10(2)14(9)16)13(15)11-3-5-17-6-4-11;/h7-8,11,13,16H,3-6,15H2,1-2H3;1H/t13-;/m1./s1. The van der Waals surface area contributed by atoms with Gasteiger partial charge in [-0.1, -0.05) is 12.1 Å². The van der Waals surface area contributed by atoms with Gasteiger partial charge in [0.25, 0.3) is 0 Å². The maximum atomic E-state index is 9.76. The molecule has 1 saturated heterocycles. The molecule has 4 heteroatoms. The summed E-state index contributed by atoms with van der Waals surface area (Å²) in [5.41, 5.74) is 9.26. The van der Waals surface area contributed by atoms with E-state index in [2.05, 4.69) is 0 Å². The molecule has 0 aromatic heterocycles. The maximum absolute atomic E-state index is 9.76. The molecular weight excluding hydrogens is 250 g/mol. The number of aromatic hydroxyl groups is 1. The summed E-state index contributed by atoms with van der Waals surface area (Å²) >= 11 is 0. The van der Waals surface area contributed by atoms with Gasteiger partial charge in [0.15, 0.2) is 0 Å². The van der Waals surface area contributed by atoms with E-state index in [1.54, 1.807) is 0 Å². The molecule has 3 N–H and O–H groups in total. The van der Waals surface area contributed by atoms with Gasteiger partial charge in [-0.3, -0.25) is 0 Å². The second-order valence-electron chi connectivity index (χ2n) is 4.98. The quantitative estimate of drug-likeness (QED) is 0.870. The lowest BCUT2D eigenvalue weighted by Gasteiger charge is -2.28. The van der Waals surface area contributed by atoms with E-state index in [0.29, 0.717) is 11.7 Å². The van der Waals surface area contributed by atoms with Crippen molar-refractivity contribution in [2.45, 2.75) is 32.7 Å². The molecule has 18 heavy (non-hydrogen) atoms. The van der Waals surface area contributed by atoms with E-state index >= 15 is 0 Å². The van der Waals surface area contributed by atoms with Crippen LogP contribution in [0.25, 0.3) is 0 Å². The van der Waals surface area contributed by atoms with E-state index in [9.17, 15) is 5.11 Å². The van der Waals surface area contributed by atoms with E-state index in [-0.39, 0.29) is 18.4 Å². The van der Waals surface area contributed by atoms with Crippen molar-refractivity contribution in [1.82, 2.24) is 0 Å². The molecule has 0 aliphatic carbocycles. The molecule has 0 unspecified atom stereocenters. The Morgan fingerprint density at radius 2 is 1.72 bits per heavy atom. The third-order valence-corrected chi connectivity index (χ3v) is 3.67. The van der Waals surface area contributed by atoms with Gasteiger partial charge >= 0.3 is 0 Å². The fourth-order valence-electron chi connectivity index (χ4n) is 2.53. The van der Waals surface area contributed by atoms with Crippen LogP contribution in [-0.2, 0) is 4.74 Å². The first-order valence-electron chi connectivity index (χ1n) is 6.23. The minimum absolute atomic E-state index is 0. The minimum atomic E-state index is 0. The zero-order valence-electron chi connectivity index (χ0n) is 11.0. The molecule has 0 bridgehead atoms. The highest BCUT2D eigenvalue weighted by molar-refractivity contribution is 5.85. The van der Waals surface area contributed by atoms with Crippen LogP contribution in [0.15, 0.2) is 12.1 Å². The zero-order valence-corrected chi connectivity index (χ0v) is 11.8. The number of hydrogen-bond acceptors (Lipinski definition) is 3. The lowest BCUT2D eigenvalue weighted by Crippen LogP contribution is -2.27. The predicted molar refractivity (Wildman–Crippen MR) is 75.3 cm³/mol. The monoisotopic (exact) mass is 271 g/mol. The second-order valence-corrected chi connectivity index (χ2v) is 4.98. The summed E-state index contributed by atoms with van der Waals surface area (Å²) in [4.78, 5) is 0. The smallest absolute Gasteiger partial charge is 0.121 e. The molecule has 2 rings (SSSR count). The second kappa shape index (κ2) is 6.41. The molecule has 102 valence electrons. The summed E-state index contributed by atoms with van der Waals surface area (Å²) in [5, 5.41) is 9.76. The topological polar surface area (TPSA) is 55.5 Å². The van der Waals surface area contributed by atoms with Gasteiger partial charge in [0.2, 0.25) is 0 Å². The number of hydrogen-bond donors (Lipinski definition) is 2. The molecule has 1 atom stereocenters. The molecule has 0 spiro atoms. The van der Waals surface area contributed by atoms with Crippen LogP contribution in [0.3, 0.4) is 0 Å². The average Bonchev–Trinajstić information content (AvgIpc) is 2.35. The largest absolute Gasteiger partial charge is 0.507 e. The number of ether oxygens (including phenoxy) is 1. The summed E-state index contributed by atoms with van der Waals surface area (Å²) in [6.45, 7) is 5.47. The fourth-order valence-corrected chi connectivity index (χ4v) is 2.53. The van der Waals surface area contributed by atoms with Crippen LogP contribution >= 0.6 is 12.4 Å². The van der Waals surface area contributed by atoms with Crippen LogP contribution in [-0.4, -0.2) is 18.3 Å². The highest BCUT2D eigenvalue weighted by Gasteiger charge is 2.23. The van der Waals surface area contributed by atoms with Crippen molar-refractivity contribution in [3.63, 3.8) is 0 Å². The van der Waals surface area contributed by atoms with Crippen molar-refractivity contribution in [2.24, 2.45) is 11.7 Å². The molecule has 0 radical (unpaired) electrons. The third-order valence-electron chi connectivity index (χ3n) is 3.67. The van der Waals surface area contributed by atoms with Gasteiger partial charge in [-0.25, -0.2) is 0 Å². The van der Waals surface area contributed by atoms with Gasteiger partial charge in [0, 0.05) is 19.3 Å². The Hall–Kier alpha value is -0.770. The summed E-state index contributed by atoms with van der Waals surface area (Å²) in [5.74, 6) is 0.875. The number of phenolic OH excluding ortho intramolecular Hbond substituents is 1. The summed E-state index contributed by atoms with van der Waals surface area (Å²) in [6, 6.07) is 4.06. The van der Waals surface area contributed by atoms with Crippen molar-refractivity contribution in [1.29, 1.82) is 0 Å². The van der Waals surface area contributed by atoms with Crippen molar-refractivity contribution in [3.05, 3.63) is 28.8 Å². The summed E-state index contributed by atoms with van der Waals surface area (Å²) in [7, 11) is 0. The first kappa shape index (κ1) is 15.3. The average molecular weight is 272 g/mol. The lowest BCUT2D eigenvalue weighted by atomic mass is 9.86. The molecule has 1 fully saturated rings. The number of nitrogens with two attached hydrogens (primary N) is 1. The van der Waals surface area contributed by atoms with Gasteiger partial charge in [0.05, 0.1) is 0 Å². The highest BCUT2D eigenvalue weighted by atomic mass is 35.5. The molecule has 3 nitrogen and oxygen atoms in total. The zero-order chi connectivity index (χ0) is 12.4. The van der Waals surface area contributed by atoms with Crippen molar-refractivity contribution < 1.29 is 9.84 Å². The van der Waals surface area contributed by atoms with Crippen LogP contribution < -0.4 is 5.73 Å². The van der Waals surface area contributed by atoms with Gasteiger partial charge in [-0.2, -0.15) is 0 Å². The van der Waals surface area contributed by atoms with Crippen LogP contribution in [0.5, 0.6) is 5.75 Å². The number of rotatable bonds is 2. The maximum Gasteiger partial charge on any atom is 0.121 e. The molecule has 0 saturated carbocycles. The number of aryl methyl sites for hydroxylation is 2. The van der Waals surface area contributed by atoms with Gasteiger partial charge in [-0.05, 0) is 49.3 Å². The Kier molecular flexibility index (Phi) is 5.45. The first-order chi connectivity index (χ1) is 8.09. The number of phenols is 1. The Morgan fingerprint density at radius 3 is 2.22 bits per heavy atom. The Bertz CT molecular complexity index is 380. The SMILES string of the molecule is Cc1cc([C@H](N)C2CCOCC2)cc(C)c1O.Cl. The number of benzene rings is 1. The van der Waals surface area contributed by atoms with Crippen molar-refractivity contribution in [2.75, 3.05) is 13.2 Å². The van der Waals surface area contributed by atoms with Crippen LogP contribution in [0.1, 0.15) is 35.6 Å². The first-order valence-corrected chi connectivity index (χ1v) is 6.23. The summed E-state index contributed by atoms with van der Waals surface area (Å²) < 4.78 is 5.36. The molecule has 1 heterocycles. The molecule has 1 aliphatic heterocycles. The van der Waals surface area contributed by atoms with Crippen molar-refractivity contribution >= 4 is 12.4 Å². The molecule has 1 aliphatic rings. The van der Waals surface area contributed by atoms with E-state index in [1.807, 2.05) is 26.0 Å². The van der Waals surface area contributed by atoms with E-state index < -0.39 is 0 Å². The van der Waals surface area contributed by atoms with Gasteiger partial charge in [-0.15, -0.1) is 12.4 Å². The van der Waals surface area contributed by atoms with Gasteiger partial charge < -0.3 is 15.6 Å². The molecular formula is C14H22ClNO2. The van der Waals surface area contributed by atoms with Crippen LogP contribution in [0.2, 0.25) is 0 Å². The third kappa shape index (κ3) is 3.16. The Labute approximate surface area is 115 Å². The van der Waals surface area contributed by atoms with E-state index in [1.165, 1.54) is 0 Å². The predicted octanol–water partition coefficient (Wildman–Crippen LogP) is 2.86. The normalized spacial score (nSPS) is 18.2.